The molecule has 1 radical (unpaired) electrons. The number of benzene rings is 3. The van der Waals surface area contributed by atoms with Crippen molar-refractivity contribution < 1.29 is 9.47 Å². The van der Waals surface area contributed by atoms with Gasteiger partial charge in [-0.05, 0) is 41.7 Å². The molecule has 0 fully saturated rings. The first-order chi connectivity index (χ1) is 12.8. The van der Waals surface area contributed by atoms with Crippen LogP contribution in [0.5, 0.6) is 11.5 Å². The van der Waals surface area contributed by atoms with E-state index in [0.29, 0.717) is 13.2 Å². The molecule has 0 N–H and O–H groups in total. The standard InChI is InChI=1S/C24H25O2/c1-2-3-10-20-15-16-23(25-18-21-11-6-4-7-12-21)24(17-20)26-19-22-13-8-5-9-14-22/h4-9,11-17H,1-3,10,18-19H2. The van der Waals surface area contributed by atoms with Crippen molar-refractivity contribution in [1.29, 1.82) is 0 Å². The van der Waals surface area contributed by atoms with Gasteiger partial charge in [0.05, 0.1) is 0 Å². The Morgan fingerprint density at radius 1 is 0.615 bits per heavy atom. The third-order valence-electron chi connectivity index (χ3n) is 4.20. The molecule has 0 aliphatic heterocycles. The summed E-state index contributed by atoms with van der Waals surface area (Å²) in [4.78, 5) is 0. The van der Waals surface area contributed by atoms with Gasteiger partial charge in [0.1, 0.15) is 13.2 Å². The fourth-order valence-corrected chi connectivity index (χ4v) is 2.74. The Labute approximate surface area is 156 Å². The second-order valence-corrected chi connectivity index (χ2v) is 6.29. The van der Waals surface area contributed by atoms with Gasteiger partial charge in [-0.25, -0.2) is 0 Å². The fraction of sp³-hybridized carbons (Fsp3) is 0.208. The van der Waals surface area contributed by atoms with E-state index in [1.165, 1.54) is 5.56 Å². The Balaban J connectivity index is 1.73. The van der Waals surface area contributed by atoms with Gasteiger partial charge in [-0.15, -0.1) is 0 Å². The molecule has 2 heteroatoms. The van der Waals surface area contributed by atoms with Crippen molar-refractivity contribution in [3.05, 3.63) is 102 Å². The zero-order chi connectivity index (χ0) is 18.0. The topological polar surface area (TPSA) is 18.5 Å². The van der Waals surface area contributed by atoms with Gasteiger partial charge in [-0.2, -0.15) is 0 Å². The molecule has 3 rings (SSSR count). The number of hydrogen-bond acceptors (Lipinski definition) is 2. The fourth-order valence-electron chi connectivity index (χ4n) is 2.74. The first-order valence-electron chi connectivity index (χ1n) is 9.11. The molecular weight excluding hydrogens is 320 g/mol. The predicted octanol–water partition coefficient (Wildman–Crippen LogP) is 6.00. The van der Waals surface area contributed by atoms with Gasteiger partial charge in [0.2, 0.25) is 0 Å². The van der Waals surface area contributed by atoms with Crippen molar-refractivity contribution in [3.8, 4) is 11.5 Å². The molecule has 133 valence electrons. The van der Waals surface area contributed by atoms with E-state index >= 15 is 0 Å². The lowest BCUT2D eigenvalue weighted by Gasteiger charge is -2.14. The third kappa shape index (κ3) is 5.38. The van der Waals surface area contributed by atoms with Crippen LogP contribution in [-0.2, 0) is 19.6 Å². The smallest absolute Gasteiger partial charge is 0.161 e. The van der Waals surface area contributed by atoms with Crippen LogP contribution in [0.1, 0.15) is 29.5 Å². The van der Waals surface area contributed by atoms with Crippen LogP contribution in [0.25, 0.3) is 0 Å². The summed E-state index contributed by atoms with van der Waals surface area (Å²) in [7, 11) is 0. The zero-order valence-electron chi connectivity index (χ0n) is 15.1. The molecule has 0 heterocycles. The van der Waals surface area contributed by atoms with Gasteiger partial charge >= 0.3 is 0 Å². The molecule has 2 nitrogen and oxygen atoms in total. The third-order valence-corrected chi connectivity index (χ3v) is 4.20. The summed E-state index contributed by atoms with van der Waals surface area (Å²) < 4.78 is 12.1. The number of ether oxygens (including phenoxy) is 2. The zero-order valence-corrected chi connectivity index (χ0v) is 15.1. The Bertz CT molecular complexity index is 782. The Morgan fingerprint density at radius 2 is 1.19 bits per heavy atom. The van der Waals surface area contributed by atoms with Crippen LogP contribution in [0, 0.1) is 6.92 Å². The molecule has 0 aliphatic carbocycles. The second-order valence-electron chi connectivity index (χ2n) is 6.29. The summed E-state index contributed by atoms with van der Waals surface area (Å²) in [6, 6.07) is 26.6. The molecule has 3 aromatic carbocycles. The number of aryl methyl sites for hydroxylation is 1. The van der Waals surface area contributed by atoms with Crippen LogP contribution in [0.4, 0.5) is 0 Å². The molecule has 26 heavy (non-hydrogen) atoms. The van der Waals surface area contributed by atoms with Gasteiger partial charge < -0.3 is 9.47 Å². The minimum atomic E-state index is 0.529. The Hall–Kier alpha value is -2.74. The molecular formula is C24H25O2. The molecule has 0 aromatic heterocycles. The van der Waals surface area contributed by atoms with Crippen molar-refractivity contribution >= 4 is 0 Å². The van der Waals surface area contributed by atoms with E-state index < -0.39 is 0 Å². The maximum atomic E-state index is 6.09. The highest BCUT2D eigenvalue weighted by atomic mass is 16.5. The lowest BCUT2D eigenvalue weighted by atomic mass is 10.1. The second kappa shape index (κ2) is 9.67. The molecule has 0 unspecified atom stereocenters. The molecule has 0 saturated heterocycles. The van der Waals surface area contributed by atoms with Crippen molar-refractivity contribution in [2.75, 3.05) is 0 Å². The summed E-state index contributed by atoms with van der Waals surface area (Å²) in [5.74, 6) is 1.58. The normalized spacial score (nSPS) is 10.5. The first kappa shape index (κ1) is 18.1. The lowest BCUT2D eigenvalue weighted by molar-refractivity contribution is 0.255. The molecule has 3 aromatic rings. The summed E-state index contributed by atoms with van der Waals surface area (Å²) >= 11 is 0. The quantitative estimate of drug-likeness (QED) is 0.473. The van der Waals surface area contributed by atoms with E-state index in [2.05, 4.69) is 43.3 Å². The van der Waals surface area contributed by atoms with E-state index in [0.717, 1.165) is 41.9 Å². The first-order valence-corrected chi connectivity index (χ1v) is 9.11. The number of rotatable bonds is 9. The molecule has 0 atom stereocenters. The monoisotopic (exact) mass is 345 g/mol. The van der Waals surface area contributed by atoms with Crippen LogP contribution in [0.15, 0.2) is 78.9 Å². The minimum Gasteiger partial charge on any atom is -0.485 e. The number of hydrogen-bond donors (Lipinski definition) is 0. The highest BCUT2D eigenvalue weighted by Crippen LogP contribution is 2.30. The average molecular weight is 345 g/mol. The van der Waals surface area contributed by atoms with Crippen molar-refractivity contribution in [2.45, 2.75) is 32.5 Å². The molecule has 0 bridgehead atoms. The van der Waals surface area contributed by atoms with Crippen molar-refractivity contribution in [3.63, 3.8) is 0 Å². The lowest BCUT2D eigenvalue weighted by Crippen LogP contribution is -2.01. The minimum absolute atomic E-state index is 0.529. The molecule has 0 aliphatic rings. The summed E-state index contributed by atoms with van der Waals surface area (Å²) in [5.41, 5.74) is 3.54. The predicted molar refractivity (Wildman–Crippen MR) is 106 cm³/mol. The summed E-state index contributed by atoms with van der Waals surface area (Å²) in [6.45, 7) is 4.98. The molecule has 0 saturated carbocycles. The van der Waals surface area contributed by atoms with Gasteiger partial charge in [-0.1, -0.05) is 80.1 Å². The van der Waals surface area contributed by atoms with Crippen LogP contribution in [0.2, 0.25) is 0 Å². The maximum absolute atomic E-state index is 6.09. The van der Waals surface area contributed by atoms with Gasteiger partial charge in [0.25, 0.3) is 0 Å². The van der Waals surface area contributed by atoms with Crippen LogP contribution in [-0.4, -0.2) is 0 Å². The van der Waals surface area contributed by atoms with Gasteiger partial charge in [0.15, 0.2) is 11.5 Å². The summed E-state index contributed by atoms with van der Waals surface area (Å²) in [5, 5.41) is 0. The van der Waals surface area contributed by atoms with Crippen molar-refractivity contribution in [2.24, 2.45) is 0 Å². The molecule has 0 spiro atoms. The van der Waals surface area contributed by atoms with E-state index in [1.54, 1.807) is 0 Å². The van der Waals surface area contributed by atoms with Crippen LogP contribution < -0.4 is 9.47 Å². The van der Waals surface area contributed by atoms with E-state index in [1.807, 2.05) is 42.5 Å². The largest absolute Gasteiger partial charge is 0.485 e. The van der Waals surface area contributed by atoms with E-state index in [-0.39, 0.29) is 0 Å². The van der Waals surface area contributed by atoms with Gasteiger partial charge in [0, 0.05) is 0 Å². The van der Waals surface area contributed by atoms with Gasteiger partial charge in [-0.3, -0.25) is 0 Å². The Morgan fingerprint density at radius 3 is 1.77 bits per heavy atom. The number of unbranched alkanes of at least 4 members (excludes halogenated alkanes) is 1. The Kier molecular flexibility index (Phi) is 6.72. The highest BCUT2D eigenvalue weighted by molar-refractivity contribution is 5.43. The average Bonchev–Trinajstić information content (AvgIpc) is 2.71. The van der Waals surface area contributed by atoms with E-state index in [9.17, 15) is 0 Å². The maximum Gasteiger partial charge on any atom is 0.161 e. The summed E-state index contributed by atoms with van der Waals surface area (Å²) in [6.07, 6.45) is 3.01. The van der Waals surface area contributed by atoms with Crippen molar-refractivity contribution in [1.82, 2.24) is 0 Å². The van der Waals surface area contributed by atoms with E-state index in [4.69, 9.17) is 9.47 Å². The van der Waals surface area contributed by atoms with Crippen LogP contribution in [0.3, 0.4) is 0 Å². The highest BCUT2D eigenvalue weighted by Gasteiger charge is 2.08. The van der Waals surface area contributed by atoms with Crippen LogP contribution >= 0.6 is 0 Å². The molecule has 0 amide bonds. The SMILES string of the molecule is [CH2]CCCc1ccc(OCc2ccccc2)c(OCc2ccccc2)c1.